The highest BCUT2D eigenvalue weighted by Gasteiger charge is 2.29. The monoisotopic (exact) mass is 262 g/mol. The molecule has 5 heteroatoms. The summed E-state index contributed by atoms with van der Waals surface area (Å²) >= 11 is 0. The van der Waals surface area contributed by atoms with E-state index in [4.69, 9.17) is 0 Å². The Balaban J connectivity index is 2.10. The van der Waals surface area contributed by atoms with Crippen molar-refractivity contribution in [2.24, 2.45) is 0 Å². The molecule has 19 heavy (non-hydrogen) atoms. The van der Waals surface area contributed by atoms with Gasteiger partial charge in [0.2, 0.25) is 0 Å². The van der Waals surface area contributed by atoms with Gasteiger partial charge in [0.25, 0.3) is 5.91 Å². The summed E-state index contributed by atoms with van der Waals surface area (Å²) in [6.45, 7) is 5.84. The first-order valence-electron chi connectivity index (χ1n) is 6.68. The first kappa shape index (κ1) is 13.8. The number of anilines is 1. The molecule has 2 atom stereocenters. The lowest BCUT2D eigenvalue weighted by molar-refractivity contribution is 0.0414. The van der Waals surface area contributed by atoms with Gasteiger partial charge in [-0.05, 0) is 33.0 Å². The summed E-state index contributed by atoms with van der Waals surface area (Å²) in [6.07, 6.45) is 1.64. The lowest BCUT2D eigenvalue weighted by Gasteiger charge is -2.42. The number of pyridine rings is 1. The van der Waals surface area contributed by atoms with Crippen molar-refractivity contribution in [3.63, 3.8) is 0 Å². The van der Waals surface area contributed by atoms with Crippen LogP contribution in [0.25, 0.3) is 0 Å². The van der Waals surface area contributed by atoms with Crippen LogP contribution in [-0.2, 0) is 0 Å². The SMILES string of the molecule is CNc1ccc(C(=O)N2C[C@@H](C)N(C)[C@@H](C)C2)cn1. The van der Waals surface area contributed by atoms with E-state index in [0.717, 1.165) is 18.9 Å². The molecule has 2 rings (SSSR count). The maximum absolute atomic E-state index is 12.4. The van der Waals surface area contributed by atoms with Crippen molar-refractivity contribution in [1.29, 1.82) is 0 Å². The summed E-state index contributed by atoms with van der Waals surface area (Å²) in [5.41, 5.74) is 0.656. The lowest BCUT2D eigenvalue weighted by atomic mass is 10.1. The molecule has 1 aliphatic rings. The minimum Gasteiger partial charge on any atom is -0.373 e. The van der Waals surface area contributed by atoms with Crippen LogP contribution in [0, 0.1) is 0 Å². The molecule has 1 N–H and O–H groups in total. The first-order chi connectivity index (χ1) is 9.02. The summed E-state index contributed by atoms with van der Waals surface area (Å²) in [6, 6.07) is 4.43. The van der Waals surface area contributed by atoms with Gasteiger partial charge in [-0.25, -0.2) is 4.98 Å². The molecule has 1 aromatic rings. The van der Waals surface area contributed by atoms with E-state index in [0.29, 0.717) is 17.6 Å². The number of likely N-dealkylation sites (N-methyl/N-ethyl adjacent to an activating group) is 1. The van der Waals surface area contributed by atoms with Crippen molar-refractivity contribution >= 4 is 11.7 Å². The highest BCUT2D eigenvalue weighted by atomic mass is 16.2. The summed E-state index contributed by atoms with van der Waals surface area (Å²) < 4.78 is 0. The zero-order chi connectivity index (χ0) is 14.0. The van der Waals surface area contributed by atoms with E-state index in [2.05, 4.69) is 36.1 Å². The van der Waals surface area contributed by atoms with E-state index >= 15 is 0 Å². The van der Waals surface area contributed by atoms with Gasteiger partial charge in [0.1, 0.15) is 5.82 Å². The topological polar surface area (TPSA) is 48.5 Å². The number of hydrogen-bond donors (Lipinski definition) is 1. The summed E-state index contributed by atoms with van der Waals surface area (Å²) in [5.74, 6) is 0.846. The smallest absolute Gasteiger partial charge is 0.255 e. The van der Waals surface area contributed by atoms with Crippen LogP contribution in [-0.4, -0.2) is 60.0 Å². The third kappa shape index (κ3) is 2.87. The first-order valence-corrected chi connectivity index (χ1v) is 6.68. The number of nitrogens with zero attached hydrogens (tertiary/aromatic N) is 3. The lowest BCUT2D eigenvalue weighted by Crippen LogP contribution is -2.56. The number of piperazine rings is 1. The molecule has 1 amide bonds. The molecule has 104 valence electrons. The van der Waals surface area contributed by atoms with E-state index < -0.39 is 0 Å². The number of carbonyl (C=O) groups is 1. The second-order valence-corrected chi connectivity index (χ2v) is 5.26. The van der Waals surface area contributed by atoms with E-state index in [1.54, 1.807) is 6.20 Å². The van der Waals surface area contributed by atoms with Crippen molar-refractivity contribution in [1.82, 2.24) is 14.8 Å². The Morgan fingerprint density at radius 3 is 2.42 bits per heavy atom. The van der Waals surface area contributed by atoms with E-state index in [1.165, 1.54) is 0 Å². The molecular formula is C14H22N4O. The van der Waals surface area contributed by atoms with E-state index in [1.807, 2.05) is 24.1 Å². The predicted octanol–water partition coefficient (Wildman–Crippen LogP) is 1.29. The van der Waals surface area contributed by atoms with Crippen molar-refractivity contribution in [2.45, 2.75) is 25.9 Å². The van der Waals surface area contributed by atoms with Crippen LogP contribution in [0.2, 0.25) is 0 Å². The average molecular weight is 262 g/mol. The molecule has 0 aliphatic carbocycles. The maximum atomic E-state index is 12.4. The summed E-state index contributed by atoms with van der Waals surface area (Å²) in [5, 5.41) is 2.95. The zero-order valence-corrected chi connectivity index (χ0v) is 12.1. The van der Waals surface area contributed by atoms with Crippen LogP contribution < -0.4 is 5.32 Å². The van der Waals surface area contributed by atoms with Crippen LogP contribution in [0.3, 0.4) is 0 Å². The summed E-state index contributed by atoms with van der Waals surface area (Å²) in [7, 11) is 3.92. The molecule has 1 fully saturated rings. The molecule has 0 unspecified atom stereocenters. The van der Waals surface area contributed by atoms with Gasteiger partial charge >= 0.3 is 0 Å². The zero-order valence-electron chi connectivity index (χ0n) is 12.1. The Hall–Kier alpha value is -1.62. The fourth-order valence-corrected chi connectivity index (χ4v) is 2.42. The largest absolute Gasteiger partial charge is 0.373 e. The fraction of sp³-hybridized carbons (Fsp3) is 0.571. The number of aromatic nitrogens is 1. The Bertz CT molecular complexity index is 433. The highest BCUT2D eigenvalue weighted by Crippen LogP contribution is 2.16. The Labute approximate surface area is 114 Å². The van der Waals surface area contributed by atoms with Crippen molar-refractivity contribution < 1.29 is 4.79 Å². The van der Waals surface area contributed by atoms with Gasteiger partial charge in [-0.15, -0.1) is 0 Å². The van der Waals surface area contributed by atoms with Gasteiger partial charge in [-0.3, -0.25) is 9.69 Å². The summed E-state index contributed by atoms with van der Waals surface area (Å²) in [4.78, 5) is 20.9. The van der Waals surface area contributed by atoms with Crippen molar-refractivity contribution in [3.8, 4) is 0 Å². The quantitative estimate of drug-likeness (QED) is 0.872. The van der Waals surface area contributed by atoms with Crippen LogP contribution in [0.15, 0.2) is 18.3 Å². The standard InChI is InChI=1S/C14H22N4O/c1-10-8-18(9-11(2)17(10)4)14(19)12-5-6-13(15-3)16-7-12/h5-7,10-11H,8-9H2,1-4H3,(H,15,16)/t10-,11+. The molecule has 2 heterocycles. The van der Waals surface area contributed by atoms with Gasteiger partial charge in [0, 0.05) is 38.4 Å². The van der Waals surface area contributed by atoms with Crippen LogP contribution in [0.5, 0.6) is 0 Å². The van der Waals surface area contributed by atoms with Gasteiger partial charge in [-0.2, -0.15) is 0 Å². The van der Waals surface area contributed by atoms with Crippen LogP contribution >= 0.6 is 0 Å². The molecule has 5 nitrogen and oxygen atoms in total. The molecule has 0 saturated carbocycles. The molecule has 0 spiro atoms. The number of hydrogen-bond acceptors (Lipinski definition) is 4. The van der Waals surface area contributed by atoms with Gasteiger partial charge in [0.15, 0.2) is 0 Å². The third-order valence-corrected chi connectivity index (χ3v) is 3.91. The van der Waals surface area contributed by atoms with Gasteiger partial charge < -0.3 is 10.2 Å². The molecule has 1 aromatic heterocycles. The molecular weight excluding hydrogens is 240 g/mol. The van der Waals surface area contributed by atoms with Crippen LogP contribution in [0.4, 0.5) is 5.82 Å². The third-order valence-electron chi connectivity index (χ3n) is 3.91. The molecule has 0 aromatic carbocycles. The molecule has 1 saturated heterocycles. The van der Waals surface area contributed by atoms with Crippen molar-refractivity contribution in [2.75, 3.05) is 32.5 Å². The van der Waals surface area contributed by atoms with E-state index in [-0.39, 0.29) is 5.91 Å². The number of nitrogens with one attached hydrogen (secondary N) is 1. The molecule has 1 aliphatic heterocycles. The Morgan fingerprint density at radius 2 is 1.95 bits per heavy atom. The molecule has 0 bridgehead atoms. The Morgan fingerprint density at radius 1 is 1.32 bits per heavy atom. The van der Waals surface area contributed by atoms with Gasteiger partial charge in [0.05, 0.1) is 5.56 Å². The van der Waals surface area contributed by atoms with Crippen molar-refractivity contribution in [3.05, 3.63) is 23.9 Å². The fourth-order valence-electron chi connectivity index (χ4n) is 2.42. The number of rotatable bonds is 2. The molecule has 0 radical (unpaired) electrons. The van der Waals surface area contributed by atoms with Gasteiger partial charge in [-0.1, -0.05) is 0 Å². The average Bonchev–Trinajstić information content (AvgIpc) is 2.43. The normalized spacial score (nSPS) is 24.3. The second-order valence-electron chi connectivity index (χ2n) is 5.26. The minimum atomic E-state index is 0.0713. The maximum Gasteiger partial charge on any atom is 0.255 e. The highest BCUT2D eigenvalue weighted by molar-refractivity contribution is 5.94. The second kappa shape index (κ2) is 5.57. The minimum absolute atomic E-state index is 0.0713. The van der Waals surface area contributed by atoms with Crippen LogP contribution in [0.1, 0.15) is 24.2 Å². The number of amides is 1. The predicted molar refractivity (Wildman–Crippen MR) is 76.4 cm³/mol. The Kier molecular flexibility index (Phi) is 4.04. The van der Waals surface area contributed by atoms with E-state index in [9.17, 15) is 4.79 Å². The number of carbonyl (C=O) groups excluding carboxylic acids is 1.